The van der Waals surface area contributed by atoms with E-state index in [4.69, 9.17) is 0 Å². The summed E-state index contributed by atoms with van der Waals surface area (Å²) in [5.41, 5.74) is 8.52. The van der Waals surface area contributed by atoms with Crippen LogP contribution >= 0.6 is 0 Å². The fraction of sp³-hybridized carbons (Fsp3) is 0.700. The van der Waals surface area contributed by atoms with Crippen LogP contribution in [-0.4, -0.2) is 6.54 Å². The van der Waals surface area contributed by atoms with E-state index in [2.05, 4.69) is 17.8 Å². The van der Waals surface area contributed by atoms with E-state index in [1.165, 1.54) is 77.0 Å². The van der Waals surface area contributed by atoms with Gasteiger partial charge >= 0.3 is 0 Å². The third-order valence-corrected chi connectivity index (χ3v) is 4.11. The van der Waals surface area contributed by atoms with E-state index < -0.39 is 0 Å². The lowest BCUT2D eigenvalue weighted by Crippen LogP contribution is -2.21. The zero-order chi connectivity index (χ0) is 15.7. The molecular formula is C20H35N2. The average Bonchev–Trinajstić information content (AvgIpc) is 2.56. The van der Waals surface area contributed by atoms with Gasteiger partial charge in [-0.3, -0.25) is 0 Å². The molecule has 1 aromatic carbocycles. The highest BCUT2D eigenvalue weighted by molar-refractivity contribution is 5.33. The minimum Gasteiger partial charge on any atom is -0.213 e. The van der Waals surface area contributed by atoms with E-state index in [0.717, 1.165) is 12.2 Å². The van der Waals surface area contributed by atoms with Crippen molar-refractivity contribution in [2.75, 3.05) is 6.54 Å². The SMILES string of the molecule is CCCCCCCCCCCCCCN[N]c1ccccc1. The Morgan fingerprint density at radius 1 is 0.682 bits per heavy atom. The summed E-state index contributed by atoms with van der Waals surface area (Å²) in [5.74, 6) is 0. The third kappa shape index (κ3) is 11.6. The number of hydrogen-bond donors (Lipinski definition) is 1. The van der Waals surface area contributed by atoms with Crippen LogP contribution in [0.3, 0.4) is 0 Å². The molecule has 0 spiro atoms. The van der Waals surface area contributed by atoms with Crippen LogP contribution in [0.1, 0.15) is 84.0 Å². The number of unbranched alkanes of at least 4 members (excludes halogenated alkanes) is 11. The van der Waals surface area contributed by atoms with E-state index in [1.54, 1.807) is 0 Å². The number of nitrogens with zero attached hydrogens (tertiary/aromatic N) is 1. The number of para-hydroxylation sites is 1. The molecule has 0 aliphatic rings. The van der Waals surface area contributed by atoms with Gasteiger partial charge in [-0.05, 0) is 18.6 Å². The fourth-order valence-electron chi connectivity index (χ4n) is 2.69. The predicted octanol–water partition coefficient (Wildman–Crippen LogP) is 6.13. The monoisotopic (exact) mass is 303 g/mol. The Morgan fingerprint density at radius 3 is 1.73 bits per heavy atom. The molecule has 1 aromatic rings. The summed E-state index contributed by atoms with van der Waals surface area (Å²) < 4.78 is 0. The van der Waals surface area contributed by atoms with Gasteiger partial charge in [0.1, 0.15) is 0 Å². The number of rotatable bonds is 15. The standard InChI is InChI=1S/C20H35N2/c1-2-3-4-5-6-7-8-9-10-11-12-16-19-21-22-20-17-14-13-15-18-20/h13-15,17-18,21H,2-12,16,19H2,1H3. The fourth-order valence-corrected chi connectivity index (χ4v) is 2.69. The van der Waals surface area contributed by atoms with Crippen molar-refractivity contribution < 1.29 is 0 Å². The molecule has 0 heterocycles. The lowest BCUT2D eigenvalue weighted by atomic mass is 10.1. The van der Waals surface area contributed by atoms with E-state index >= 15 is 0 Å². The summed E-state index contributed by atoms with van der Waals surface area (Å²) in [6.45, 7) is 3.28. The average molecular weight is 304 g/mol. The minimum absolute atomic E-state index is 0.992. The Balaban J connectivity index is 1.73. The molecule has 0 aliphatic carbocycles. The first-order chi connectivity index (χ1) is 10.9. The summed E-state index contributed by atoms with van der Waals surface area (Å²) in [6, 6.07) is 10.1. The molecule has 1 radical (unpaired) electrons. The third-order valence-electron chi connectivity index (χ3n) is 4.11. The predicted molar refractivity (Wildman–Crippen MR) is 97.3 cm³/mol. The molecule has 22 heavy (non-hydrogen) atoms. The van der Waals surface area contributed by atoms with Gasteiger partial charge < -0.3 is 0 Å². The maximum Gasteiger partial charge on any atom is 0.0774 e. The lowest BCUT2D eigenvalue weighted by Gasteiger charge is -2.05. The Labute approximate surface area is 138 Å². The Morgan fingerprint density at radius 2 is 1.18 bits per heavy atom. The molecular weight excluding hydrogens is 268 g/mol. The van der Waals surface area contributed by atoms with E-state index in [1.807, 2.05) is 30.3 Å². The van der Waals surface area contributed by atoms with Crippen molar-refractivity contribution in [2.45, 2.75) is 84.0 Å². The van der Waals surface area contributed by atoms with E-state index in [-0.39, 0.29) is 0 Å². The zero-order valence-electron chi connectivity index (χ0n) is 14.5. The van der Waals surface area contributed by atoms with Gasteiger partial charge in [0, 0.05) is 6.54 Å². The first-order valence-corrected chi connectivity index (χ1v) is 9.42. The Kier molecular flexibility index (Phi) is 12.9. The summed E-state index contributed by atoms with van der Waals surface area (Å²) in [5, 5.41) is 0. The van der Waals surface area contributed by atoms with Gasteiger partial charge in [0.05, 0.1) is 5.69 Å². The van der Waals surface area contributed by atoms with Gasteiger partial charge in [0.2, 0.25) is 0 Å². The largest absolute Gasteiger partial charge is 0.213 e. The van der Waals surface area contributed by atoms with Gasteiger partial charge in [-0.25, -0.2) is 10.9 Å². The van der Waals surface area contributed by atoms with Crippen LogP contribution in [0.15, 0.2) is 30.3 Å². The molecule has 0 unspecified atom stereocenters. The van der Waals surface area contributed by atoms with Gasteiger partial charge in [0.15, 0.2) is 0 Å². The molecule has 0 saturated carbocycles. The smallest absolute Gasteiger partial charge is 0.0774 e. The first-order valence-electron chi connectivity index (χ1n) is 9.42. The van der Waals surface area contributed by atoms with Crippen LogP contribution in [0.25, 0.3) is 0 Å². The molecule has 1 N–H and O–H groups in total. The van der Waals surface area contributed by atoms with Crippen LogP contribution in [-0.2, 0) is 0 Å². The van der Waals surface area contributed by atoms with Crippen molar-refractivity contribution >= 4 is 5.69 Å². The van der Waals surface area contributed by atoms with Crippen molar-refractivity contribution in [1.29, 1.82) is 0 Å². The molecule has 0 aromatic heterocycles. The molecule has 2 heteroatoms. The lowest BCUT2D eigenvalue weighted by molar-refractivity contribution is 0.526. The number of nitrogens with one attached hydrogen (secondary N) is 1. The van der Waals surface area contributed by atoms with Crippen LogP contribution in [0.5, 0.6) is 0 Å². The maximum absolute atomic E-state index is 4.35. The second-order valence-corrected chi connectivity index (χ2v) is 6.24. The molecule has 0 atom stereocenters. The molecule has 0 fully saturated rings. The van der Waals surface area contributed by atoms with Gasteiger partial charge in [0.25, 0.3) is 0 Å². The van der Waals surface area contributed by atoms with Crippen LogP contribution in [0.4, 0.5) is 5.69 Å². The van der Waals surface area contributed by atoms with Gasteiger partial charge in [-0.2, -0.15) is 0 Å². The van der Waals surface area contributed by atoms with Gasteiger partial charge in [-0.15, -0.1) is 0 Å². The number of hydrogen-bond acceptors (Lipinski definition) is 1. The molecule has 2 nitrogen and oxygen atoms in total. The van der Waals surface area contributed by atoms with Crippen molar-refractivity contribution in [2.24, 2.45) is 0 Å². The second kappa shape index (κ2) is 14.9. The van der Waals surface area contributed by atoms with Crippen molar-refractivity contribution in [3.63, 3.8) is 0 Å². The molecule has 1 rings (SSSR count). The summed E-state index contributed by atoms with van der Waals surface area (Å²) in [4.78, 5) is 0. The van der Waals surface area contributed by atoms with Gasteiger partial charge in [-0.1, -0.05) is 95.8 Å². The molecule has 0 bridgehead atoms. The highest BCUT2D eigenvalue weighted by atomic mass is 15.3. The first kappa shape index (κ1) is 19.0. The normalized spacial score (nSPS) is 10.8. The Hall–Kier alpha value is -1.02. The van der Waals surface area contributed by atoms with Crippen LogP contribution < -0.4 is 10.9 Å². The summed E-state index contributed by atoms with van der Waals surface area (Å²) in [7, 11) is 0. The van der Waals surface area contributed by atoms with Crippen LogP contribution in [0, 0.1) is 0 Å². The number of benzene rings is 1. The minimum atomic E-state index is 0.992. The second-order valence-electron chi connectivity index (χ2n) is 6.24. The van der Waals surface area contributed by atoms with Crippen LogP contribution in [0.2, 0.25) is 0 Å². The van der Waals surface area contributed by atoms with Crippen molar-refractivity contribution in [1.82, 2.24) is 10.9 Å². The molecule has 0 amide bonds. The van der Waals surface area contributed by atoms with E-state index in [9.17, 15) is 0 Å². The zero-order valence-corrected chi connectivity index (χ0v) is 14.5. The quantitative estimate of drug-likeness (QED) is 0.306. The highest BCUT2D eigenvalue weighted by Gasteiger charge is 1.94. The molecule has 125 valence electrons. The molecule has 0 aliphatic heterocycles. The highest BCUT2D eigenvalue weighted by Crippen LogP contribution is 2.11. The summed E-state index contributed by atoms with van der Waals surface area (Å²) in [6.07, 6.45) is 16.8. The Bertz CT molecular complexity index is 324. The summed E-state index contributed by atoms with van der Waals surface area (Å²) >= 11 is 0. The molecule has 0 saturated heterocycles. The maximum atomic E-state index is 4.35. The topological polar surface area (TPSA) is 26.1 Å². The van der Waals surface area contributed by atoms with E-state index in [0.29, 0.717) is 0 Å². The van der Waals surface area contributed by atoms with Crippen molar-refractivity contribution in [3.8, 4) is 0 Å². The van der Waals surface area contributed by atoms with Crippen molar-refractivity contribution in [3.05, 3.63) is 30.3 Å².